The molecule has 0 radical (unpaired) electrons. The van der Waals surface area contributed by atoms with Crippen molar-refractivity contribution in [1.29, 1.82) is 0 Å². The summed E-state index contributed by atoms with van der Waals surface area (Å²) in [5.41, 5.74) is 6.05. The van der Waals surface area contributed by atoms with Crippen LogP contribution in [0.25, 0.3) is 0 Å². The number of benzene rings is 1. The van der Waals surface area contributed by atoms with E-state index in [2.05, 4.69) is 16.6 Å². The highest BCUT2D eigenvalue weighted by Gasteiger charge is 2.13. The van der Waals surface area contributed by atoms with Crippen molar-refractivity contribution in [2.75, 3.05) is 0 Å². The molecule has 96 valence electrons. The van der Waals surface area contributed by atoms with E-state index in [9.17, 15) is 0 Å². The molecule has 5 heteroatoms. The Labute approximate surface area is 112 Å². The van der Waals surface area contributed by atoms with Gasteiger partial charge in [0.25, 0.3) is 0 Å². The third kappa shape index (κ3) is 2.90. The van der Waals surface area contributed by atoms with Gasteiger partial charge >= 0.3 is 0 Å². The lowest BCUT2D eigenvalue weighted by molar-refractivity contribution is 0.530. The van der Waals surface area contributed by atoms with Crippen LogP contribution in [0.5, 0.6) is 0 Å². The largest absolute Gasteiger partial charge is 0.272 e. The molecule has 0 aliphatic rings. The highest BCUT2D eigenvalue weighted by Crippen LogP contribution is 2.21. The van der Waals surface area contributed by atoms with Gasteiger partial charge in [0, 0.05) is 24.2 Å². The Kier molecular flexibility index (Phi) is 4.01. The third-order valence-corrected chi connectivity index (χ3v) is 3.20. The maximum Gasteiger partial charge on any atom is 0.0596 e. The van der Waals surface area contributed by atoms with Gasteiger partial charge in [-0.2, -0.15) is 5.10 Å². The molecule has 2 rings (SSSR count). The third-order valence-electron chi connectivity index (χ3n) is 2.96. The molecule has 1 unspecified atom stereocenters. The molecule has 18 heavy (non-hydrogen) atoms. The lowest BCUT2D eigenvalue weighted by Gasteiger charge is -2.16. The molecule has 1 aromatic carbocycles. The second-order valence-corrected chi connectivity index (χ2v) is 4.82. The highest BCUT2D eigenvalue weighted by molar-refractivity contribution is 6.30. The first-order chi connectivity index (χ1) is 8.60. The van der Waals surface area contributed by atoms with Crippen LogP contribution in [0, 0.1) is 6.92 Å². The predicted molar refractivity (Wildman–Crippen MR) is 73.2 cm³/mol. The first kappa shape index (κ1) is 13.1. The van der Waals surface area contributed by atoms with Gasteiger partial charge in [0.2, 0.25) is 0 Å². The van der Waals surface area contributed by atoms with E-state index in [0.29, 0.717) is 5.02 Å². The summed E-state index contributed by atoms with van der Waals surface area (Å²) in [7, 11) is 1.94. The summed E-state index contributed by atoms with van der Waals surface area (Å²) >= 11 is 6.00. The normalized spacial score (nSPS) is 12.7. The van der Waals surface area contributed by atoms with E-state index in [1.165, 1.54) is 0 Å². The zero-order chi connectivity index (χ0) is 13.1. The number of hydrazine groups is 1. The number of rotatable bonds is 4. The lowest BCUT2D eigenvalue weighted by atomic mass is 10.0. The Morgan fingerprint density at radius 3 is 2.78 bits per heavy atom. The van der Waals surface area contributed by atoms with Gasteiger partial charge in [-0.3, -0.25) is 16.0 Å². The molecule has 1 heterocycles. The van der Waals surface area contributed by atoms with Crippen LogP contribution in [0.15, 0.2) is 30.3 Å². The molecule has 1 aromatic heterocycles. The maximum absolute atomic E-state index is 6.00. The summed E-state index contributed by atoms with van der Waals surface area (Å²) in [5, 5.41) is 5.05. The van der Waals surface area contributed by atoms with E-state index >= 15 is 0 Å². The minimum atomic E-state index is 0.0264. The Balaban J connectivity index is 2.22. The molecule has 1 atom stereocenters. The van der Waals surface area contributed by atoms with Gasteiger partial charge in [-0.15, -0.1) is 0 Å². The standard InChI is InChI=1S/C13H17ClN4/c1-9-6-12(18(2)17-9)8-13(16-15)10-4-3-5-11(14)7-10/h3-7,13,16H,8,15H2,1-2H3. The SMILES string of the molecule is Cc1cc(CC(NN)c2cccc(Cl)c2)n(C)n1. The van der Waals surface area contributed by atoms with Crippen molar-refractivity contribution >= 4 is 11.6 Å². The average molecular weight is 265 g/mol. The summed E-state index contributed by atoms with van der Waals surface area (Å²) in [4.78, 5) is 0. The summed E-state index contributed by atoms with van der Waals surface area (Å²) in [6.45, 7) is 1.98. The number of aryl methyl sites for hydroxylation is 2. The van der Waals surface area contributed by atoms with Gasteiger partial charge in [-0.05, 0) is 30.7 Å². The van der Waals surface area contributed by atoms with Crippen LogP contribution in [0.4, 0.5) is 0 Å². The Morgan fingerprint density at radius 2 is 2.22 bits per heavy atom. The molecule has 2 aromatic rings. The lowest BCUT2D eigenvalue weighted by Crippen LogP contribution is -2.30. The van der Waals surface area contributed by atoms with Crippen LogP contribution in [-0.2, 0) is 13.5 Å². The molecule has 0 aliphatic carbocycles. The van der Waals surface area contributed by atoms with Crippen molar-refractivity contribution in [2.24, 2.45) is 12.9 Å². The van der Waals surface area contributed by atoms with Gasteiger partial charge in [0.15, 0.2) is 0 Å². The van der Waals surface area contributed by atoms with Crippen molar-refractivity contribution in [3.63, 3.8) is 0 Å². The second-order valence-electron chi connectivity index (χ2n) is 4.38. The van der Waals surface area contributed by atoms with Crippen molar-refractivity contribution in [3.8, 4) is 0 Å². The van der Waals surface area contributed by atoms with Crippen LogP contribution in [0.2, 0.25) is 5.02 Å². The van der Waals surface area contributed by atoms with Gasteiger partial charge in [-0.25, -0.2) is 0 Å². The summed E-state index contributed by atoms with van der Waals surface area (Å²) in [6.07, 6.45) is 0.772. The maximum atomic E-state index is 6.00. The van der Waals surface area contributed by atoms with Crippen LogP contribution in [0.1, 0.15) is 23.0 Å². The van der Waals surface area contributed by atoms with E-state index in [-0.39, 0.29) is 6.04 Å². The molecular weight excluding hydrogens is 248 g/mol. The average Bonchev–Trinajstić information content (AvgIpc) is 2.64. The molecule has 3 N–H and O–H groups in total. The number of hydrogen-bond donors (Lipinski definition) is 2. The van der Waals surface area contributed by atoms with Crippen molar-refractivity contribution in [3.05, 3.63) is 52.3 Å². The smallest absolute Gasteiger partial charge is 0.0596 e. The zero-order valence-corrected chi connectivity index (χ0v) is 11.3. The van der Waals surface area contributed by atoms with Crippen molar-refractivity contribution < 1.29 is 0 Å². The van der Waals surface area contributed by atoms with Crippen molar-refractivity contribution in [1.82, 2.24) is 15.2 Å². The molecule has 0 saturated carbocycles. The molecule has 0 aliphatic heterocycles. The first-order valence-corrected chi connectivity index (χ1v) is 6.19. The minimum absolute atomic E-state index is 0.0264. The van der Waals surface area contributed by atoms with E-state index in [4.69, 9.17) is 17.4 Å². The van der Waals surface area contributed by atoms with Crippen LogP contribution < -0.4 is 11.3 Å². The van der Waals surface area contributed by atoms with E-state index in [1.54, 1.807) is 0 Å². The van der Waals surface area contributed by atoms with Crippen LogP contribution in [-0.4, -0.2) is 9.78 Å². The number of halogens is 1. The van der Waals surface area contributed by atoms with Gasteiger partial charge in [-0.1, -0.05) is 23.7 Å². The minimum Gasteiger partial charge on any atom is -0.272 e. The van der Waals surface area contributed by atoms with Crippen molar-refractivity contribution in [2.45, 2.75) is 19.4 Å². The molecule has 4 nitrogen and oxygen atoms in total. The number of hydrogen-bond acceptors (Lipinski definition) is 3. The molecule has 0 spiro atoms. The number of aromatic nitrogens is 2. The van der Waals surface area contributed by atoms with Crippen LogP contribution >= 0.6 is 11.6 Å². The number of nitrogens with two attached hydrogens (primary N) is 1. The summed E-state index contributed by atoms with van der Waals surface area (Å²) < 4.78 is 1.88. The molecule has 0 fully saturated rings. The van der Waals surface area contributed by atoms with E-state index < -0.39 is 0 Å². The van der Waals surface area contributed by atoms with Crippen LogP contribution in [0.3, 0.4) is 0 Å². The van der Waals surface area contributed by atoms with Gasteiger partial charge in [0.05, 0.1) is 11.7 Å². The Morgan fingerprint density at radius 1 is 1.44 bits per heavy atom. The number of nitrogens with zero attached hydrogens (tertiary/aromatic N) is 2. The fourth-order valence-electron chi connectivity index (χ4n) is 2.06. The number of nitrogens with one attached hydrogen (secondary N) is 1. The highest BCUT2D eigenvalue weighted by atomic mass is 35.5. The van der Waals surface area contributed by atoms with E-state index in [1.807, 2.05) is 42.9 Å². The van der Waals surface area contributed by atoms with Gasteiger partial charge < -0.3 is 0 Å². The topological polar surface area (TPSA) is 55.9 Å². The Hall–Kier alpha value is -1.36. The first-order valence-electron chi connectivity index (χ1n) is 5.81. The summed E-state index contributed by atoms with van der Waals surface area (Å²) in [6, 6.07) is 9.81. The molecular formula is C13H17ClN4. The molecule has 0 amide bonds. The predicted octanol–water partition coefficient (Wildman–Crippen LogP) is 2.13. The fourth-order valence-corrected chi connectivity index (χ4v) is 2.26. The monoisotopic (exact) mass is 264 g/mol. The summed E-state index contributed by atoms with van der Waals surface area (Å²) in [5.74, 6) is 5.64. The zero-order valence-electron chi connectivity index (χ0n) is 10.5. The molecule has 0 saturated heterocycles. The molecule has 0 bridgehead atoms. The Bertz CT molecular complexity index is 536. The van der Waals surface area contributed by atoms with E-state index in [0.717, 1.165) is 23.4 Å². The van der Waals surface area contributed by atoms with Gasteiger partial charge in [0.1, 0.15) is 0 Å². The fraction of sp³-hybridized carbons (Fsp3) is 0.308. The quantitative estimate of drug-likeness (QED) is 0.657. The second kappa shape index (κ2) is 5.52.